The molecule has 1 N–H and O–H groups in total. The molecule has 1 aromatic carbocycles. The highest BCUT2D eigenvalue weighted by Gasteiger charge is 2.07. The summed E-state index contributed by atoms with van der Waals surface area (Å²) >= 11 is 3.36. The fourth-order valence-electron chi connectivity index (χ4n) is 1.30. The Kier molecular flexibility index (Phi) is 7.19. The van der Waals surface area contributed by atoms with E-state index in [1.807, 2.05) is 32.0 Å². The third-order valence-electron chi connectivity index (χ3n) is 1.90. The van der Waals surface area contributed by atoms with Crippen LogP contribution in [0.3, 0.4) is 0 Å². The van der Waals surface area contributed by atoms with E-state index in [1.165, 1.54) is 0 Å². The van der Waals surface area contributed by atoms with Gasteiger partial charge in [0.15, 0.2) is 0 Å². The summed E-state index contributed by atoms with van der Waals surface area (Å²) in [7, 11) is 2.77. The van der Waals surface area contributed by atoms with Gasteiger partial charge in [-0.1, -0.05) is 29.8 Å². The summed E-state index contributed by atoms with van der Waals surface area (Å²) in [6, 6.07) is 7.83. The minimum Gasteiger partial charge on any atom is -0.400 e. The number of halogens is 1. The molecule has 0 amide bonds. The van der Waals surface area contributed by atoms with Crippen LogP contribution in [-0.2, 0) is 7.05 Å². The van der Waals surface area contributed by atoms with Crippen molar-refractivity contribution in [3.05, 3.63) is 28.4 Å². The lowest BCUT2D eigenvalue weighted by atomic mass is 10.2. The van der Waals surface area contributed by atoms with Crippen LogP contribution in [0.15, 0.2) is 22.7 Å². The summed E-state index contributed by atoms with van der Waals surface area (Å²) in [5.41, 5.74) is 1.44. The molecular weight excluding hydrogens is 282 g/mol. The molecule has 0 fully saturated rings. The zero-order valence-electron chi connectivity index (χ0n) is 10.4. The third kappa shape index (κ3) is 3.55. The van der Waals surface area contributed by atoms with E-state index in [1.54, 1.807) is 11.7 Å². The van der Waals surface area contributed by atoms with Gasteiger partial charge in [0.05, 0.1) is 5.52 Å². The Hall–Kier alpha value is -1.38. The zero-order chi connectivity index (χ0) is 13.4. The highest BCUT2D eigenvalue weighted by atomic mass is 79.9. The van der Waals surface area contributed by atoms with Gasteiger partial charge in [-0.2, -0.15) is 10.4 Å². The second kappa shape index (κ2) is 7.82. The average Bonchev–Trinajstić information content (AvgIpc) is 2.69. The number of benzene rings is 1. The van der Waals surface area contributed by atoms with Gasteiger partial charge in [0.2, 0.25) is 0 Å². The normalized spacial score (nSPS) is 8.53. The zero-order valence-corrected chi connectivity index (χ0v) is 12.0. The van der Waals surface area contributed by atoms with Gasteiger partial charge >= 0.3 is 0 Å². The van der Waals surface area contributed by atoms with Crippen molar-refractivity contribution in [1.82, 2.24) is 9.78 Å². The first-order valence-corrected chi connectivity index (χ1v) is 5.99. The molecule has 0 aliphatic rings. The van der Waals surface area contributed by atoms with E-state index in [0.717, 1.165) is 22.5 Å². The first-order valence-electron chi connectivity index (χ1n) is 5.19. The van der Waals surface area contributed by atoms with Crippen LogP contribution in [0.1, 0.15) is 19.5 Å². The van der Waals surface area contributed by atoms with E-state index in [0.29, 0.717) is 5.69 Å². The Morgan fingerprint density at radius 2 is 1.94 bits per heavy atom. The lowest BCUT2D eigenvalue weighted by Gasteiger charge is -1.89. The predicted octanol–water partition coefficient (Wildman–Crippen LogP) is 2.84. The Balaban J connectivity index is 0.000000581. The second-order valence-electron chi connectivity index (χ2n) is 2.75. The number of nitriles is 1. The van der Waals surface area contributed by atoms with Crippen LogP contribution in [0.25, 0.3) is 10.9 Å². The summed E-state index contributed by atoms with van der Waals surface area (Å²) in [5, 5.41) is 21.0. The number of hydrogen-bond acceptors (Lipinski definition) is 3. The molecule has 2 rings (SSSR count). The monoisotopic (exact) mass is 297 g/mol. The van der Waals surface area contributed by atoms with Gasteiger partial charge in [0, 0.05) is 24.0 Å². The molecule has 0 aliphatic carbocycles. The van der Waals surface area contributed by atoms with Crippen LogP contribution < -0.4 is 0 Å². The smallest absolute Gasteiger partial charge is 0.146 e. The topological polar surface area (TPSA) is 61.8 Å². The van der Waals surface area contributed by atoms with Gasteiger partial charge in [-0.3, -0.25) is 4.68 Å². The number of fused-ring (bicyclic) bond motifs is 1. The van der Waals surface area contributed by atoms with Gasteiger partial charge < -0.3 is 5.11 Å². The Morgan fingerprint density at radius 1 is 1.35 bits per heavy atom. The van der Waals surface area contributed by atoms with Crippen molar-refractivity contribution < 1.29 is 5.11 Å². The van der Waals surface area contributed by atoms with E-state index in [2.05, 4.69) is 27.1 Å². The lowest BCUT2D eigenvalue weighted by molar-refractivity contribution is 0.399. The average molecular weight is 298 g/mol. The molecular formula is C12H16BrN3O. The molecule has 2 aromatic rings. The predicted molar refractivity (Wildman–Crippen MR) is 72.6 cm³/mol. The number of hydrogen-bond donors (Lipinski definition) is 1. The van der Waals surface area contributed by atoms with Gasteiger partial charge in [-0.15, -0.1) is 0 Å². The highest BCUT2D eigenvalue weighted by molar-refractivity contribution is 9.10. The first kappa shape index (κ1) is 15.6. The van der Waals surface area contributed by atoms with Crippen LogP contribution in [0.5, 0.6) is 0 Å². The maximum absolute atomic E-state index is 8.87. The van der Waals surface area contributed by atoms with Crippen molar-refractivity contribution in [2.24, 2.45) is 7.05 Å². The molecule has 17 heavy (non-hydrogen) atoms. The minimum atomic E-state index is 0.594. The van der Waals surface area contributed by atoms with Gasteiger partial charge in [-0.25, -0.2) is 0 Å². The molecule has 5 heteroatoms. The molecule has 0 radical (unpaired) electrons. The number of aromatic nitrogens is 2. The van der Waals surface area contributed by atoms with Gasteiger partial charge in [-0.05, 0) is 18.2 Å². The minimum absolute atomic E-state index is 0.594. The van der Waals surface area contributed by atoms with Crippen molar-refractivity contribution in [1.29, 1.82) is 5.26 Å². The number of nitrogens with zero attached hydrogens (tertiary/aromatic N) is 3. The SMILES string of the molecule is CC.CO.Cn1nc2ccc(Br)cc2c1C#N. The van der Waals surface area contributed by atoms with Crippen LogP contribution in [0.4, 0.5) is 0 Å². The van der Waals surface area contributed by atoms with Crippen LogP contribution in [0.2, 0.25) is 0 Å². The molecule has 0 atom stereocenters. The molecule has 1 aromatic heterocycles. The number of aliphatic hydroxyl groups is 1. The fourth-order valence-corrected chi connectivity index (χ4v) is 1.66. The van der Waals surface area contributed by atoms with Crippen LogP contribution in [-0.4, -0.2) is 22.0 Å². The van der Waals surface area contributed by atoms with Crippen molar-refractivity contribution >= 4 is 26.8 Å². The molecule has 4 nitrogen and oxygen atoms in total. The van der Waals surface area contributed by atoms with Crippen LogP contribution in [0, 0.1) is 11.3 Å². The second-order valence-corrected chi connectivity index (χ2v) is 3.66. The fraction of sp³-hybridized carbons (Fsp3) is 0.333. The van der Waals surface area contributed by atoms with Crippen molar-refractivity contribution in [3.63, 3.8) is 0 Å². The van der Waals surface area contributed by atoms with E-state index >= 15 is 0 Å². The maximum atomic E-state index is 8.87. The molecule has 1 heterocycles. The summed E-state index contributed by atoms with van der Waals surface area (Å²) in [5.74, 6) is 0. The van der Waals surface area contributed by atoms with E-state index < -0.39 is 0 Å². The lowest BCUT2D eigenvalue weighted by Crippen LogP contribution is -1.92. The van der Waals surface area contributed by atoms with Gasteiger partial charge in [0.25, 0.3) is 0 Å². The Labute approximate surface area is 110 Å². The summed E-state index contributed by atoms with van der Waals surface area (Å²) in [4.78, 5) is 0. The number of aryl methyl sites for hydroxylation is 1. The first-order chi connectivity index (χ1) is 8.22. The van der Waals surface area contributed by atoms with E-state index in [9.17, 15) is 0 Å². The molecule has 0 aliphatic heterocycles. The standard InChI is InChI=1S/C9H6BrN3.C2H6.CH4O/c1-13-9(5-11)7-4-6(10)2-3-8(7)12-13;2*1-2/h2-4H,1H3;1-2H3;2H,1H3. The number of aliphatic hydroxyl groups excluding tert-OH is 1. The molecule has 0 unspecified atom stereocenters. The van der Waals surface area contributed by atoms with Crippen molar-refractivity contribution in [3.8, 4) is 6.07 Å². The Bertz CT molecular complexity index is 514. The number of rotatable bonds is 0. The highest BCUT2D eigenvalue weighted by Crippen LogP contribution is 2.21. The van der Waals surface area contributed by atoms with E-state index in [4.69, 9.17) is 10.4 Å². The Morgan fingerprint density at radius 3 is 2.47 bits per heavy atom. The van der Waals surface area contributed by atoms with Crippen molar-refractivity contribution in [2.75, 3.05) is 7.11 Å². The quantitative estimate of drug-likeness (QED) is 0.813. The molecule has 0 spiro atoms. The molecule has 0 saturated heterocycles. The van der Waals surface area contributed by atoms with Gasteiger partial charge in [0.1, 0.15) is 11.8 Å². The van der Waals surface area contributed by atoms with Crippen molar-refractivity contribution in [2.45, 2.75) is 13.8 Å². The largest absolute Gasteiger partial charge is 0.400 e. The summed E-state index contributed by atoms with van der Waals surface area (Å²) in [6.07, 6.45) is 0. The summed E-state index contributed by atoms with van der Waals surface area (Å²) in [6.45, 7) is 4.00. The molecule has 0 saturated carbocycles. The molecule has 0 bridgehead atoms. The maximum Gasteiger partial charge on any atom is 0.146 e. The molecule has 92 valence electrons. The third-order valence-corrected chi connectivity index (χ3v) is 2.39. The van der Waals surface area contributed by atoms with Crippen LogP contribution >= 0.6 is 15.9 Å². The van der Waals surface area contributed by atoms with E-state index in [-0.39, 0.29) is 0 Å². The summed E-state index contributed by atoms with van der Waals surface area (Å²) < 4.78 is 2.56.